The first kappa shape index (κ1) is 19.0. The van der Waals surface area contributed by atoms with Crippen LogP contribution in [0.1, 0.15) is 60.3 Å². The van der Waals surface area contributed by atoms with Gasteiger partial charge in [0.25, 0.3) is 0 Å². The molecule has 0 spiro atoms. The zero-order chi connectivity index (χ0) is 18.1. The molecule has 1 heterocycles. The maximum absolute atomic E-state index is 12.7. The highest BCUT2D eigenvalue weighted by molar-refractivity contribution is 5.82. The van der Waals surface area contributed by atoms with Crippen LogP contribution in [0.15, 0.2) is 0 Å². The third kappa shape index (κ3) is 4.85. The molecule has 1 saturated carbocycles. The molecule has 6 heteroatoms. The Morgan fingerprint density at radius 1 is 1.25 bits per heavy atom. The summed E-state index contributed by atoms with van der Waals surface area (Å²) < 4.78 is 5.51. The van der Waals surface area contributed by atoms with Gasteiger partial charge in [0.15, 0.2) is 0 Å². The van der Waals surface area contributed by atoms with E-state index in [1.54, 1.807) is 4.90 Å². The molecule has 1 saturated heterocycles. The lowest BCUT2D eigenvalue weighted by atomic mass is 10.0. The van der Waals surface area contributed by atoms with Crippen molar-refractivity contribution in [2.24, 2.45) is 11.7 Å². The average Bonchev–Trinajstić information content (AvgIpc) is 3.19. The van der Waals surface area contributed by atoms with Gasteiger partial charge in [-0.25, -0.2) is 4.79 Å². The van der Waals surface area contributed by atoms with E-state index in [-0.39, 0.29) is 24.0 Å². The molecule has 2 unspecified atom stereocenters. The third-order valence-electron chi connectivity index (χ3n) is 4.69. The SMILES string of the molecule is CC(C)C(N)C(=O)N(CC1CCCN1C(=O)OC(C)(C)C)C1CC1. The number of nitrogens with zero attached hydrogens (tertiary/aromatic N) is 2. The predicted octanol–water partition coefficient (Wildman–Crippen LogP) is 2.36. The van der Waals surface area contributed by atoms with Crippen molar-refractivity contribution in [2.75, 3.05) is 13.1 Å². The van der Waals surface area contributed by atoms with Crippen molar-refractivity contribution in [3.8, 4) is 0 Å². The van der Waals surface area contributed by atoms with Crippen LogP contribution in [0, 0.1) is 5.92 Å². The molecule has 1 aliphatic carbocycles. The van der Waals surface area contributed by atoms with Crippen LogP contribution in [0.2, 0.25) is 0 Å². The Bertz CT molecular complexity index is 469. The first-order valence-electron chi connectivity index (χ1n) is 9.16. The smallest absolute Gasteiger partial charge is 0.410 e. The summed E-state index contributed by atoms with van der Waals surface area (Å²) >= 11 is 0. The molecule has 2 atom stereocenters. The molecule has 6 nitrogen and oxygen atoms in total. The molecule has 0 aromatic carbocycles. The molecule has 0 aromatic heterocycles. The lowest BCUT2D eigenvalue weighted by Gasteiger charge is -2.34. The van der Waals surface area contributed by atoms with Crippen molar-refractivity contribution in [3.63, 3.8) is 0 Å². The molecule has 24 heavy (non-hydrogen) atoms. The van der Waals surface area contributed by atoms with E-state index >= 15 is 0 Å². The van der Waals surface area contributed by atoms with Crippen LogP contribution in [-0.2, 0) is 9.53 Å². The number of amides is 2. The van der Waals surface area contributed by atoms with Gasteiger partial charge in [-0.15, -0.1) is 0 Å². The minimum Gasteiger partial charge on any atom is -0.444 e. The van der Waals surface area contributed by atoms with Crippen LogP contribution < -0.4 is 5.73 Å². The first-order valence-corrected chi connectivity index (χ1v) is 9.16. The quantitative estimate of drug-likeness (QED) is 0.834. The number of rotatable bonds is 5. The monoisotopic (exact) mass is 339 g/mol. The first-order chi connectivity index (χ1) is 11.1. The summed E-state index contributed by atoms with van der Waals surface area (Å²) in [6.45, 7) is 10.8. The van der Waals surface area contributed by atoms with Crippen LogP contribution in [0.3, 0.4) is 0 Å². The van der Waals surface area contributed by atoms with E-state index in [9.17, 15) is 9.59 Å². The van der Waals surface area contributed by atoms with Crippen LogP contribution in [-0.4, -0.2) is 58.6 Å². The summed E-state index contributed by atoms with van der Waals surface area (Å²) in [5, 5.41) is 0. The second-order valence-corrected chi connectivity index (χ2v) is 8.46. The summed E-state index contributed by atoms with van der Waals surface area (Å²) in [7, 11) is 0. The maximum Gasteiger partial charge on any atom is 0.410 e. The Morgan fingerprint density at radius 3 is 2.38 bits per heavy atom. The standard InChI is InChI=1S/C18H33N3O3/c1-12(2)15(19)16(22)21(13-8-9-13)11-14-7-6-10-20(14)17(23)24-18(3,4)5/h12-15H,6-11,19H2,1-5H3. The number of likely N-dealkylation sites (tertiary alicyclic amines) is 1. The highest BCUT2D eigenvalue weighted by Crippen LogP contribution is 2.30. The van der Waals surface area contributed by atoms with E-state index < -0.39 is 11.6 Å². The topological polar surface area (TPSA) is 75.9 Å². The Balaban J connectivity index is 2.03. The van der Waals surface area contributed by atoms with Crippen LogP contribution in [0.4, 0.5) is 4.79 Å². The number of hydrogen-bond donors (Lipinski definition) is 1. The largest absolute Gasteiger partial charge is 0.444 e. The molecule has 2 aliphatic rings. The fourth-order valence-electron chi connectivity index (χ4n) is 3.10. The molecule has 2 fully saturated rings. The van der Waals surface area contributed by atoms with Gasteiger partial charge < -0.3 is 20.3 Å². The molecule has 2 amide bonds. The van der Waals surface area contributed by atoms with E-state index in [1.807, 2.05) is 39.5 Å². The van der Waals surface area contributed by atoms with Gasteiger partial charge >= 0.3 is 6.09 Å². The van der Waals surface area contributed by atoms with Crippen molar-refractivity contribution >= 4 is 12.0 Å². The highest BCUT2D eigenvalue weighted by Gasteiger charge is 2.40. The van der Waals surface area contributed by atoms with Gasteiger partial charge in [-0.2, -0.15) is 0 Å². The van der Waals surface area contributed by atoms with Gasteiger partial charge in [-0.05, 0) is 52.4 Å². The zero-order valence-corrected chi connectivity index (χ0v) is 15.7. The fourth-order valence-corrected chi connectivity index (χ4v) is 3.10. The van der Waals surface area contributed by atoms with Crippen molar-refractivity contribution < 1.29 is 14.3 Å². The van der Waals surface area contributed by atoms with Gasteiger partial charge in [0.1, 0.15) is 5.60 Å². The Hall–Kier alpha value is -1.30. The van der Waals surface area contributed by atoms with E-state index in [1.165, 1.54) is 0 Å². The third-order valence-corrected chi connectivity index (χ3v) is 4.69. The molecule has 0 aromatic rings. The number of carbonyl (C=O) groups excluding carboxylic acids is 2. The lowest BCUT2D eigenvalue weighted by molar-refractivity contribution is -0.135. The summed E-state index contributed by atoms with van der Waals surface area (Å²) in [5.41, 5.74) is 5.58. The molecule has 2 rings (SSSR count). The molecular formula is C18H33N3O3. The number of hydrogen-bond acceptors (Lipinski definition) is 4. The van der Waals surface area contributed by atoms with Crippen molar-refractivity contribution in [1.82, 2.24) is 9.80 Å². The minimum atomic E-state index is -0.504. The van der Waals surface area contributed by atoms with E-state index in [4.69, 9.17) is 10.5 Å². The van der Waals surface area contributed by atoms with E-state index in [0.717, 1.165) is 25.7 Å². The summed E-state index contributed by atoms with van der Waals surface area (Å²) in [5.74, 6) is 0.132. The van der Waals surface area contributed by atoms with Crippen LogP contribution in [0.5, 0.6) is 0 Å². The van der Waals surface area contributed by atoms with E-state index in [2.05, 4.69) is 0 Å². The minimum absolute atomic E-state index is 0.0172. The molecule has 138 valence electrons. The zero-order valence-electron chi connectivity index (χ0n) is 15.7. The van der Waals surface area contributed by atoms with Crippen molar-refractivity contribution in [3.05, 3.63) is 0 Å². The fraction of sp³-hybridized carbons (Fsp3) is 0.889. The average molecular weight is 339 g/mol. The Labute approximate surface area is 145 Å². The van der Waals surface area contributed by atoms with E-state index in [0.29, 0.717) is 19.1 Å². The van der Waals surface area contributed by atoms with Gasteiger partial charge in [0, 0.05) is 19.1 Å². The molecule has 0 bridgehead atoms. The van der Waals surface area contributed by atoms with Gasteiger partial charge in [0.05, 0.1) is 12.1 Å². The molecule has 2 N–H and O–H groups in total. The number of carbonyl (C=O) groups is 2. The predicted molar refractivity (Wildman–Crippen MR) is 93.5 cm³/mol. The maximum atomic E-state index is 12.7. The van der Waals surface area contributed by atoms with Crippen LogP contribution in [0.25, 0.3) is 0 Å². The van der Waals surface area contributed by atoms with Gasteiger partial charge in [-0.3, -0.25) is 4.79 Å². The van der Waals surface area contributed by atoms with Crippen molar-refractivity contribution in [1.29, 1.82) is 0 Å². The van der Waals surface area contributed by atoms with Crippen LogP contribution >= 0.6 is 0 Å². The second-order valence-electron chi connectivity index (χ2n) is 8.46. The Morgan fingerprint density at radius 2 is 1.88 bits per heavy atom. The molecule has 0 radical (unpaired) electrons. The highest BCUT2D eigenvalue weighted by atomic mass is 16.6. The molecular weight excluding hydrogens is 306 g/mol. The summed E-state index contributed by atoms with van der Waals surface area (Å²) in [6, 6.07) is -0.144. The lowest BCUT2D eigenvalue weighted by Crippen LogP contribution is -2.52. The summed E-state index contributed by atoms with van der Waals surface area (Å²) in [4.78, 5) is 28.9. The molecule has 1 aliphatic heterocycles. The number of nitrogens with two attached hydrogens (primary N) is 1. The number of ether oxygens (including phenoxy) is 1. The van der Waals surface area contributed by atoms with Crippen molar-refractivity contribution in [2.45, 2.75) is 84.0 Å². The summed E-state index contributed by atoms with van der Waals surface area (Å²) in [6.07, 6.45) is 3.66. The Kier molecular flexibility index (Phi) is 5.78. The normalized spacial score (nSPS) is 22.6. The van der Waals surface area contributed by atoms with Gasteiger partial charge in [0.2, 0.25) is 5.91 Å². The second kappa shape index (κ2) is 7.30. The van der Waals surface area contributed by atoms with Gasteiger partial charge in [-0.1, -0.05) is 13.8 Å².